The zero-order valence-corrected chi connectivity index (χ0v) is 24.1. The first kappa shape index (κ1) is 24.6. The topological polar surface area (TPSA) is 108 Å². The van der Waals surface area contributed by atoms with Crippen molar-refractivity contribution in [2.24, 2.45) is 48.0 Å². The molecule has 0 amide bonds. The minimum Gasteiger partial charge on any atom is -0.480 e. The van der Waals surface area contributed by atoms with Crippen molar-refractivity contribution in [1.29, 1.82) is 0 Å². The Hall–Kier alpha value is -3.77. The minimum absolute atomic E-state index is 0.0582. The number of halogens is 3. The highest BCUT2D eigenvalue weighted by molar-refractivity contribution is 5.86. The standard InChI is InChI=1S/C30H30F3N9O/c1-11(2)42-7-13(30(31,32)33)38-27(42)29-18-15-19(29)17-20(29)16(18)28(15,17)8-34-24-22-25(37-10-41(22)3)40-23(39-24)14-21(12-5-6-12)35-9-36-26(14)43-4/h7,9-12,15-20H,5-6,8H2,1-4H3,(H,34,39,40). The van der Waals surface area contributed by atoms with E-state index in [1.807, 2.05) is 25.5 Å². The van der Waals surface area contributed by atoms with Crippen LogP contribution in [-0.2, 0) is 18.6 Å². The highest BCUT2D eigenvalue weighted by atomic mass is 19.4. The van der Waals surface area contributed by atoms with E-state index in [1.165, 1.54) is 12.5 Å². The molecule has 11 rings (SSSR count). The quantitative estimate of drug-likeness (QED) is 0.318. The number of fused-ring (bicyclic) bond motifs is 1. The molecule has 0 saturated heterocycles. The van der Waals surface area contributed by atoms with E-state index in [0.29, 0.717) is 64.6 Å². The van der Waals surface area contributed by atoms with E-state index in [9.17, 15) is 13.2 Å². The molecule has 0 radical (unpaired) electrons. The van der Waals surface area contributed by atoms with Gasteiger partial charge in [0.25, 0.3) is 0 Å². The molecule has 4 aromatic rings. The first-order valence-electron chi connectivity index (χ1n) is 15.1. The van der Waals surface area contributed by atoms with Crippen LogP contribution in [0.4, 0.5) is 19.0 Å². The molecule has 13 heteroatoms. The summed E-state index contributed by atoms with van der Waals surface area (Å²) in [5.41, 5.74) is 2.36. The van der Waals surface area contributed by atoms with E-state index >= 15 is 0 Å². The number of hydrogen-bond donors (Lipinski definition) is 1. The van der Waals surface area contributed by atoms with Crippen LogP contribution < -0.4 is 10.1 Å². The summed E-state index contributed by atoms with van der Waals surface area (Å²) in [7, 11) is 3.53. The minimum atomic E-state index is -4.43. The first-order chi connectivity index (χ1) is 20.6. The molecule has 4 aromatic heterocycles. The van der Waals surface area contributed by atoms with Gasteiger partial charge in [-0.3, -0.25) is 0 Å². The molecule has 0 spiro atoms. The van der Waals surface area contributed by atoms with Gasteiger partial charge in [-0.05, 0) is 67.6 Å². The third-order valence-electron chi connectivity index (χ3n) is 12.2. The third-order valence-corrected chi connectivity index (χ3v) is 12.2. The molecule has 4 heterocycles. The predicted molar refractivity (Wildman–Crippen MR) is 147 cm³/mol. The van der Waals surface area contributed by atoms with Crippen LogP contribution in [-0.4, -0.2) is 52.7 Å². The molecule has 0 aliphatic heterocycles. The van der Waals surface area contributed by atoms with Crippen LogP contribution in [0, 0.1) is 40.9 Å². The second-order valence-electron chi connectivity index (χ2n) is 13.8. The summed E-state index contributed by atoms with van der Waals surface area (Å²) in [6.07, 6.45) is 2.21. The molecule has 7 fully saturated rings. The lowest BCUT2D eigenvalue weighted by Gasteiger charge is -3.11. The number of ether oxygens (including phenoxy) is 1. The van der Waals surface area contributed by atoms with Gasteiger partial charge in [0.2, 0.25) is 5.88 Å². The van der Waals surface area contributed by atoms with Crippen molar-refractivity contribution in [3.8, 4) is 17.3 Å². The van der Waals surface area contributed by atoms with Crippen LogP contribution in [0.3, 0.4) is 0 Å². The largest absolute Gasteiger partial charge is 0.480 e. The lowest BCUT2D eigenvalue weighted by atomic mass is 8.92. The van der Waals surface area contributed by atoms with Crippen LogP contribution in [0.2, 0.25) is 0 Å². The summed E-state index contributed by atoms with van der Waals surface area (Å²) in [4.78, 5) is 27.6. The second kappa shape index (κ2) is 7.29. The van der Waals surface area contributed by atoms with Gasteiger partial charge in [-0.25, -0.2) is 29.9 Å². The lowest BCUT2D eigenvalue weighted by molar-refractivity contribution is -0.626. The smallest absolute Gasteiger partial charge is 0.434 e. The normalized spacial score (nSPS) is 35.5. The Morgan fingerprint density at radius 3 is 2.37 bits per heavy atom. The average Bonchev–Trinajstić information content (AvgIpc) is 3.62. The van der Waals surface area contributed by atoms with Crippen molar-refractivity contribution >= 4 is 17.0 Å². The molecule has 10 nitrogen and oxygen atoms in total. The Bertz CT molecular complexity index is 1840. The van der Waals surface area contributed by atoms with Crippen molar-refractivity contribution in [3.63, 3.8) is 0 Å². The molecule has 222 valence electrons. The van der Waals surface area contributed by atoms with E-state index in [1.54, 1.807) is 18.0 Å². The van der Waals surface area contributed by atoms with Crippen LogP contribution in [0.1, 0.15) is 55.9 Å². The molecular formula is C30H30F3N9O. The van der Waals surface area contributed by atoms with Gasteiger partial charge in [-0.1, -0.05) is 0 Å². The fourth-order valence-corrected chi connectivity index (χ4v) is 10.7. The van der Waals surface area contributed by atoms with E-state index < -0.39 is 11.9 Å². The van der Waals surface area contributed by atoms with E-state index in [-0.39, 0.29) is 16.9 Å². The highest BCUT2D eigenvalue weighted by Gasteiger charge is 3.10. The molecular weight excluding hydrogens is 559 g/mol. The number of nitrogens with zero attached hydrogens (tertiary/aromatic N) is 8. The monoisotopic (exact) mass is 589 g/mol. The summed E-state index contributed by atoms with van der Waals surface area (Å²) in [5.74, 6) is 5.67. The predicted octanol–water partition coefficient (Wildman–Crippen LogP) is 4.60. The summed E-state index contributed by atoms with van der Waals surface area (Å²) < 4.78 is 50.3. The lowest BCUT2D eigenvalue weighted by Crippen LogP contribution is -3.12. The van der Waals surface area contributed by atoms with Gasteiger partial charge in [0, 0.05) is 37.2 Å². The fourth-order valence-electron chi connectivity index (χ4n) is 10.7. The number of alkyl halides is 3. The zero-order valence-electron chi connectivity index (χ0n) is 24.1. The number of methoxy groups -OCH3 is 1. The average molecular weight is 590 g/mol. The molecule has 7 aliphatic rings. The van der Waals surface area contributed by atoms with Gasteiger partial charge in [-0.15, -0.1) is 0 Å². The Morgan fingerprint density at radius 2 is 1.74 bits per heavy atom. The Labute approximate surface area is 244 Å². The Balaban J connectivity index is 0.967. The summed E-state index contributed by atoms with van der Waals surface area (Å²) >= 11 is 0. The Morgan fingerprint density at radius 1 is 1.02 bits per heavy atom. The van der Waals surface area contributed by atoms with Gasteiger partial charge in [-0.2, -0.15) is 13.2 Å². The van der Waals surface area contributed by atoms with Crippen LogP contribution >= 0.6 is 0 Å². The van der Waals surface area contributed by atoms with Crippen molar-refractivity contribution in [2.45, 2.75) is 50.2 Å². The number of anilines is 1. The summed E-state index contributed by atoms with van der Waals surface area (Å²) in [6.45, 7) is 4.67. The van der Waals surface area contributed by atoms with Crippen molar-refractivity contribution in [2.75, 3.05) is 19.0 Å². The third kappa shape index (κ3) is 2.48. The van der Waals surface area contributed by atoms with E-state index in [0.717, 1.165) is 42.0 Å². The number of aryl methyl sites for hydroxylation is 1. The number of aromatic nitrogens is 8. The molecule has 7 saturated carbocycles. The van der Waals surface area contributed by atoms with Crippen molar-refractivity contribution < 1.29 is 17.9 Å². The Kier molecular flexibility index (Phi) is 4.18. The van der Waals surface area contributed by atoms with Gasteiger partial charge in [0.05, 0.1) is 19.1 Å². The second-order valence-corrected chi connectivity index (χ2v) is 13.8. The molecule has 0 bridgehead atoms. The maximum atomic E-state index is 13.6. The highest BCUT2D eigenvalue weighted by Crippen LogP contribution is 3.09. The van der Waals surface area contributed by atoms with Crippen LogP contribution in [0.5, 0.6) is 5.88 Å². The van der Waals surface area contributed by atoms with Crippen molar-refractivity contribution in [1.82, 2.24) is 39.0 Å². The molecule has 43 heavy (non-hydrogen) atoms. The van der Waals surface area contributed by atoms with Gasteiger partial charge in [0.15, 0.2) is 23.0 Å². The fraction of sp³-hybridized carbons (Fsp3) is 0.600. The molecule has 1 N–H and O–H groups in total. The zero-order chi connectivity index (χ0) is 29.4. The van der Waals surface area contributed by atoms with E-state index in [4.69, 9.17) is 14.7 Å². The first-order valence-corrected chi connectivity index (χ1v) is 15.1. The molecule has 0 unspecified atom stereocenters. The van der Waals surface area contributed by atoms with E-state index in [2.05, 4.69) is 25.3 Å². The molecule has 0 aromatic carbocycles. The van der Waals surface area contributed by atoms with Gasteiger partial charge >= 0.3 is 6.18 Å². The number of nitrogens with one attached hydrogen (secondary N) is 1. The molecule has 0 atom stereocenters. The van der Waals surface area contributed by atoms with Crippen molar-refractivity contribution in [3.05, 3.63) is 36.1 Å². The van der Waals surface area contributed by atoms with Crippen LogP contribution in [0.25, 0.3) is 22.6 Å². The number of hydrogen-bond acceptors (Lipinski definition) is 8. The molecule has 7 aliphatic carbocycles. The number of imidazole rings is 2. The SMILES string of the molecule is COc1ncnc(C2CC2)c1-c1nc(NCC23C4C5C2C2C3C4C52c2nc(C(F)(F)F)cn2C(C)C)c2c(ncn2C)n1. The van der Waals surface area contributed by atoms with Gasteiger partial charge in [0.1, 0.15) is 23.2 Å². The summed E-state index contributed by atoms with van der Waals surface area (Å²) in [6, 6.07) is -0.0582. The maximum Gasteiger partial charge on any atom is 0.434 e. The van der Waals surface area contributed by atoms with Crippen LogP contribution in [0.15, 0.2) is 18.9 Å². The number of rotatable bonds is 8. The van der Waals surface area contributed by atoms with Gasteiger partial charge < -0.3 is 19.2 Å². The summed E-state index contributed by atoms with van der Waals surface area (Å²) in [5, 5.41) is 3.71. The maximum absolute atomic E-state index is 13.6.